The molecule has 1 heterocycles. The van der Waals surface area contributed by atoms with Gasteiger partial charge in [-0.2, -0.15) is 0 Å². The lowest BCUT2D eigenvalue weighted by molar-refractivity contribution is -0.121. The summed E-state index contributed by atoms with van der Waals surface area (Å²) < 4.78 is 27.1. The number of nitrogens with zero attached hydrogens (tertiary/aromatic N) is 2. The fourth-order valence-corrected chi connectivity index (χ4v) is 3.64. The molecule has 1 aromatic heterocycles. The summed E-state index contributed by atoms with van der Waals surface area (Å²) in [6, 6.07) is 11.7. The molecule has 0 radical (unpaired) electrons. The molecule has 9 heteroatoms. The van der Waals surface area contributed by atoms with Crippen molar-refractivity contribution in [2.45, 2.75) is 31.3 Å². The van der Waals surface area contributed by atoms with Crippen molar-refractivity contribution in [1.29, 1.82) is 0 Å². The van der Waals surface area contributed by atoms with Gasteiger partial charge in [-0.1, -0.05) is 24.3 Å². The zero-order chi connectivity index (χ0) is 21.0. The fraction of sp³-hybridized carbons (Fsp3) is 0.250. The Morgan fingerprint density at radius 1 is 1.14 bits per heavy atom. The van der Waals surface area contributed by atoms with Crippen molar-refractivity contribution in [3.63, 3.8) is 0 Å². The lowest BCUT2D eigenvalue weighted by Gasteiger charge is -2.09. The van der Waals surface area contributed by atoms with E-state index in [9.17, 15) is 18.0 Å². The highest BCUT2D eigenvalue weighted by atomic mass is 32.2. The van der Waals surface area contributed by atoms with E-state index in [2.05, 4.69) is 15.0 Å². The number of aryl methyl sites for hydroxylation is 2. The summed E-state index contributed by atoms with van der Waals surface area (Å²) in [6.45, 7) is 2.39. The second-order valence-electron chi connectivity index (χ2n) is 6.59. The summed E-state index contributed by atoms with van der Waals surface area (Å²) in [4.78, 5) is 29.2. The van der Waals surface area contributed by atoms with Gasteiger partial charge in [0.15, 0.2) is 0 Å². The number of rotatable bonds is 7. The van der Waals surface area contributed by atoms with E-state index in [1.165, 1.54) is 30.1 Å². The lowest BCUT2D eigenvalue weighted by atomic mass is 10.1. The van der Waals surface area contributed by atoms with Crippen LogP contribution in [0.2, 0.25) is 0 Å². The van der Waals surface area contributed by atoms with Crippen LogP contribution in [0.25, 0.3) is 10.9 Å². The van der Waals surface area contributed by atoms with Crippen molar-refractivity contribution in [1.82, 2.24) is 19.6 Å². The molecule has 3 rings (SSSR count). The van der Waals surface area contributed by atoms with Crippen LogP contribution in [0.3, 0.4) is 0 Å². The molecule has 2 aromatic carbocycles. The van der Waals surface area contributed by atoms with Gasteiger partial charge in [0.05, 0.1) is 22.1 Å². The first kappa shape index (κ1) is 20.7. The number of carbonyl (C=O) groups is 1. The molecule has 0 aliphatic heterocycles. The predicted molar refractivity (Wildman–Crippen MR) is 110 cm³/mol. The quantitative estimate of drug-likeness (QED) is 0.606. The van der Waals surface area contributed by atoms with Gasteiger partial charge in [-0.3, -0.25) is 14.2 Å². The second kappa shape index (κ2) is 8.54. The van der Waals surface area contributed by atoms with E-state index < -0.39 is 10.0 Å². The number of sulfonamides is 1. The number of para-hydroxylation sites is 1. The molecule has 3 aromatic rings. The second-order valence-corrected chi connectivity index (χ2v) is 8.48. The Morgan fingerprint density at radius 2 is 1.86 bits per heavy atom. The Hall–Kier alpha value is -3.04. The van der Waals surface area contributed by atoms with E-state index in [4.69, 9.17) is 0 Å². The first-order valence-corrected chi connectivity index (χ1v) is 10.5. The number of fused-ring (bicyclic) bond motifs is 1. The molecular formula is C20H22N4O4S. The maximum atomic E-state index is 12.5. The Balaban J connectivity index is 1.59. The van der Waals surface area contributed by atoms with E-state index in [0.29, 0.717) is 10.9 Å². The topological polar surface area (TPSA) is 110 Å². The average Bonchev–Trinajstić information content (AvgIpc) is 2.72. The smallest absolute Gasteiger partial charge is 0.261 e. The number of aromatic nitrogens is 2. The first-order valence-electron chi connectivity index (χ1n) is 9.06. The summed E-state index contributed by atoms with van der Waals surface area (Å²) in [5.74, 6) is -0.215. The maximum absolute atomic E-state index is 12.5. The molecule has 152 valence electrons. The van der Waals surface area contributed by atoms with Crippen LogP contribution in [0.4, 0.5) is 0 Å². The Kier molecular flexibility index (Phi) is 6.09. The van der Waals surface area contributed by atoms with E-state index in [-0.39, 0.29) is 35.9 Å². The summed E-state index contributed by atoms with van der Waals surface area (Å²) in [5.41, 5.74) is 2.20. The standard InChI is InChI=1S/C20H22N4O4S/c1-14-4-3-5-17-19(14)23-13-24(20(17)26)11-10-18(25)22-12-15-6-8-16(9-7-15)29(27,28)21-2/h3-9,13,21H,10-12H2,1-2H3,(H,22,25). The van der Waals surface area contributed by atoms with E-state index in [1.807, 2.05) is 19.1 Å². The number of nitrogens with one attached hydrogen (secondary N) is 2. The van der Waals surface area contributed by atoms with Gasteiger partial charge in [0.2, 0.25) is 15.9 Å². The lowest BCUT2D eigenvalue weighted by Crippen LogP contribution is -2.27. The molecule has 1 amide bonds. The summed E-state index contributed by atoms with van der Waals surface area (Å²) >= 11 is 0. The van der Waals surface area contributed by atoms with Crippen LogP contribution in [-0.4, -0.2) is 30.9 Å². The SMILES string of the molecule is CNS(=O)(=O)c1ccc(CNC(=O)CCn2cnc3c(C)cccc3c2=O)cc1. The third-order valence-corrected chi connectivity index (χ3v) is 6.06. The third-order valence-electron chi connectivity index (χ3n) is 4.63. The maximum Gasteiger partial charge on any atom is 0.261 e. The molecule has 0 atom stereocenters. The average molecular weight is 414 g/mol. The first-order chi connectivity index (χ1) is 13.8. The van der Waals surface area contributed by atoms with E-state index in [1.54, 1.807) is 18.2 Å². The molecular weight excluding hydrogens is 392 g/mol. The number of hydrogen-bond acceptors (Lipinski definition) is 5. The third kappa shape index (κ3) is 4.69. The fourth-order valence-electron chi connectivity index (χ4n) is 2.91. The zero-order valence-corrected chi connectivity index (χ0v) is 17.0. The van der Waals surface area contributed by atoms with Crippen LogP contribution in [0, 0.1) is 6.92 Å². The molecule has 0 aliphatic rings. The highest BCUT2D eigenvalue weighted by Gasteiger charge is 2.11. The minimum Gasteiger partial charge on any atom is -0.352 e. The van der Waals surface area contributed by atoms with Crippen LogP contribution in [0.1, 0.15) is 17.5 Å². The number of benzene rings is 2. The van der Waals surface area contributed by atoms with Crippen LogP contribution >= 0.6 is 0 Å². The molecule has 2 N–H and O–H groups in total. The summed E-state index contributed by atoms with van der Waals surface area (Å²) in [5, 5.41) is 3.30. The minimum absolute atomic E-state index is 0.130. The molecule has 0 saturated carbocycles. The minimum atomic E-state index is -3.48. The molecule has 8 nitrogen and oxygen atoms in total. The highest BCUT2D eigenvalue weighted by molar-refractivity contribution is 7.89. The Morgan fingerprint density at radius 3 is 2.55 bits per heavy atom. The van der Waals surface area contributed by atoms with Crippen LogP contribution in [0.15, 0.2) is 58.5 Å². The molecule has 0 unspecified atom stereocenters. The molecule has 29 heavy (non-hydrogen) atoms. The van der Waals surface area contributed by atoms with Gasteiger partial charge in [0.1, 0.15) is 0 Å². The zero-order valence-electron chi connectivity index (χ0n) is 16.2. The largest absolute Gasteiger partial charge is 0.352 e. The molecule has 0 bridgehead atoms. The van der Waals surface area contributed by atoms with E-state index in [0.717, 1.165) is 11.1 Å². The van der Waals surface area contributed by atoms with Crippen LogP contribution < -0.4 is 15.6 Å². The van der Waals surface area contributed by atoms with Crippen molar-refractivity contribution in [3.05, 3.63) is 70.3 Å². The van der Waals surface area contributed by atoms with Crippen molar-refractivity contribution in [3.8, 4) is 0 Å². The van der Waals surface area contributed by atoms with E-state index >= 15 is 0 Å². The van der Waals surface area contributed by atoms with Crippen molar-refractivity contribution in [2.75, 3.05) is 7.05 Å². The van der Waals surface area contributed by atoms with Gasteiger partial charge in [-0.25, -0.2) is 18.1 Å². The van der Waals surface area contributed by atoms with Gasteiger partial charge in [-0.15, -0.1) is 0 Å². The Bertz CT molecular complexity index is 1200. The highest BCUT2D eigenvalue weighted by Crippen LogP contribution is 2.12. The van der Waals surface area contributed by atoms with Gasteiger partial charge in [0, 0.05) is 19.5 Å². The monoisotopic (exact) mass is 414 g/mol. The van der Waals surface area contributed by atoms with Gasteiger partial charge in [0.25, 0.3) is 5.56 Å². The molecule has 0 saturated heterocycles. The van der Waals surface area contributed by atoms with Crippen molar-refractivity contribution in [2.24, 2.45) is 0 Å². The molecule has 0 fully saturated rings. The van der Waals surface area contributed by atoms with Gasteiger partial charge < -0.3 is 5.32 Å². The summed E-state index contributed by atoms with van der Waals surface area (Å²) in [6.07, 6.45) is 1.59. The van der Waals surface area contributed by atoms with Crippen molar-refractivity contribution >= 4 is 26.8 Å². The summed E-state index contributed by atoms with van der Waals surface area (Å²) in [7, 11) is -2.14. The van der Waals surface area contributed by atoms with Crippen LogP contribution in [-0.2, 0) is 27.9 Å². The van der Waals surface area contributed by atoms with Crippen molar-refractivity contribution < 1.29 is 13.2 Å². The van der Waals surface area contributed by atoms with Crippen LogP contribution in [0.5, 0.6) is 0 Å². The Labute approximate surface area is 168 Å². The molecule has 0 aliphatic carbocycles. The number of hydrogen-bond donors (Lipinski definition) is 2. The normalized spacial score (nSPS) is 11.5. The van der Waals surface area contributed by atoms with Gasteiger partial charge >= 0.3 is 0 Å². The number of carbonyl (C=O) groups excluding carboxylic acids is 1. The number of amides is 1. The van der Waals surface area contributed by atoms with Gasteiger partial charge in [-0.05, 0) is 43.3 Å². The molecule has 0 spiro atoms. The predicted octanol–water partition coefficient (Wildman–Crippen LogP) is 1.32.